The summed E-state index contributed by atoms with van der Waals surface area (Å²) in [5.41, 5.74) is 1.41. The van der Waals surface area contributed by atoms with E-state index in [0.29, 0.717) is 6.07 Å². The molecule has 0 aliphatic carbocycles. The van der Waals surface area contributed by atoms with E-state index in [4.69, 9.17) is 0 Å². The molecule has 1 rings (SSSR count). The number of amides is 1. The van der Waals surface area contributed by atoms with Gasteiger partial charge in [-0.05, 0) is 0 Å². The number of hydrogen-bond acceptors (Lipinski definition) is 2. The third-order valence-corrected chi connectivity index (χ3v) is 1.50. The van der Waals surface area contributed by atoms with Crippen LogP contribution < -0.4 is 11.2 Å². The zero-order valence-electron chi connectivity index (χ0n) is 6.68. The van der Waals surface area contributed by atoms with Crippen LogP contribution in [0.1, 0.15) is 22.5 Å². The number of alkyl halides is 2. The number of primary amides is 1. The molecule has 0 spiro atoms. The van der Waals surface area contributed by atoms with E-state index in [9.17, 15) is 22.8 Å². The van der Waals surface area contributed by atoms with Crippen molar-refractivity contribution in [1.82, 2.24) is 4.98 Å². The number of nitrogens with one attached hydrogen (secondary N) is 1. The van der Waals surface area contributed by atoms with E-state index in [1.807, 2.05) is 0 Å². The summed E-state index contributed by atoms with van der Waals surface area (Å²) in [7, 11) is 0. The maximum absolute atomic E-state index is 12.5. The van der Waals surface area contributed by atoms with Crippen LogP contribution in [0, 0.1) is 5.95 Å². The molecule has 4 nitrogen and oxygen atoms in total. The van der Waals surface area contributed by atoms with Gasteiger partial charge in [0.05, 0.1) is 5.56 Å². The summed E-state index contributed by atoms with van der Waals surface area (Å²) in [6, 6.07) is 0.327. The predicted molar refractivity (Wildman–Crippen MR) is 40.5 cm³/mol. The Morgan fingerprint density at radius 1 is 1.50 bits per heavy atom. The summed E-state index contributed by atoms with van der Waals surface area (Å²) in [6.07, 6.45) is -3.18. The monoisotopic (exact) mass is 206 g/mol. The number of rotatable bonds is 2. The number of nitrogens with two attached hydrogens (primary N) is 1. The SMILES string of the molecule is NC(=O)c1[nH]c(F)cc(=O)c1C(F)F. The number of carbonyl (C=O) groups is 1. The van der Waals surface area contributed by atoms with E-state index in [1.165, 1.54) is 0 Å². The fourth-order valence-electron chi connectivity index (χ4n) is 0.950. The highest BCUT2D eigenvalue weighted by Gasteiger charge is 2.21. The molecule has 0 atom stereocenters. The standard InChI is InChI=1S/C7H5F3N2O2/c8-3-1-2(13)4(6(9)10)5(12-3)7(11)14/h1,6H,(H2,11,14)(H,12,13). The van der Waals surface area contributed by atoms with E-state index in [-0.39, 0.29) is 0 Å². The second-order valence-corrected chi connectivity index (χ2v) is 2.44. The number of pyridine rings is 1. The average Bonchev–Trinajstić information content (AvgIpc) is 2.01. The molecule has 0 saturated carbocycles. The Bertz CT molecular complexity index is 427. The minimum absolute atomic E-state index is 0.327. The Kier molecular flexibility index (Phi) is 2.59. The van der Waals surface area contributed by atoms with Gasteiger partial charge in [-0.2, -0.15) is 4.39 Å². The van der Waals surface area contributed by atoms with Crippen LogP contribution in [0.3, 0.4) is 0 Å². The molecule has 14 heavy (non-hydrogen) atoms. The molecule has 0 aliphatic rings. The van der Waals surface area contributed by atoms with Gasteiger partial charge in [0.25, 0.3) is 12.3 Å². The maximum atomic E-state index is 12.5. The van der Waals surface area contributed by atoms with Crippen LogP contribution in [-0.4, -0.2) is 10.9 Å². The molecule has 76 valence electrons. The molecule has 0 radical (unpaired) electrons. The van der Waals surface area contributed by atoms with Gasteiger partial charge in [-0.3, -0.25) is 9.59 Å². The van der Waals surface area contributed by atoms with Gasteiger partial charge in [0.15, 0.2) is 11.4 Å². The van der Waals surface area contributed by atoms with Crippen molar-refractivity contribution in [3.05, 3.63) is 33.5 Å². The lowest BCUT2D eigenvalue weighted by atomic mass is 10.2. The van der Waals surface area contributed by atoms with Crippen LogP contribution in [0.5, 0.6) is 0 Å². The Hall–Kier alpha value is -1.79. The molecule has 0 bridgehead atoms. The van der Waals surface area contributed by atoms with Gasteiger partial charge in [0.2, 0.25) is 0 Å². The zero-order chi connectivity index (χ0) is 10.9. The Morgan fingerprint density at radius 2 is 2.07 bits per heavy atom. The molecule has 1 heterocycles. The molecule has 1 aromatic rings. The summed E-state index contributed by atoms with van der Waals surface area (Å²) in [5.74, 6) is -2.50. The van der Waals surface area contributed by atoms with E-state index < -0.39 is 35.0 Å². The number of halogens is 3. The lowest BCUT2D eigenvalue weighted by Gasteiger charge is -2.04. The number of carbonyl (C=O) groups excluding carboxylic acids is 1. The van der Waals surface area contributed by atoms with Gasteiger partial charge in [0, 0.05) is 6.07 Å². The Balaban J connectivity index is 3.53. The summed E-state index contributed by atoms with van der Waals surface area (Å²) >= 11 is 0. The van der Waals surface area contributed by atoms with E-state index in [0.717, 1.165) is 0 Å². The summed E-state index contributed by atoms with van der Waals surface area (Å²) in [5, 5.41) is 0. The largest absolute Gasteiger partial charge is 0.364 e. The highest BCUT2D eigenvalue weighted by atomic mass is 19.3. The van der Waals surface area contributed by atoms with Gasteiger partial charge in [-0.15, -0.1) is 0 Å². The topological polar surface area (TPSA) is 76.0 Å². The molecule has 0 fully saturated rings. The second-order valence-electron chi connectivity index (χ2n) is 2.44. The highest BCUT2D eigenvalue weighted by molar-refractivity contribution is 5.92. The first kappa shape index (κ1) is 10.3. The van der Waals surface area contributed by atoms with Gasteiger partial charge < -0.3 is 10.7 Å². The summed E-state index contributed by atoms with van der Waals surface area (Å²) < 4.78 is 37.0. The van der Waals surface area contributed by atoms with Crippen molar-refractivity contribution in [1.29, 1.82) is 0 Å². The van der Waals surface area contributed by atoms with Crippen LogP contribution in [-0.2, 0) is 0 Å². The molecule has 1 amide bonds. The van der Waals surface area contributed by atoms with Crippen LogP contribution in [0.15, 0.2) is 10.9 Å². The third kappa shape index (κ3) is 1.76. The smallest absolute Gasteiger partial charge is 0.269 e. The fraction of sp³-hybridized carbons (Fsp3) is 0.143. The summed E-state index contributed by atoms with van der Waals surface area (Å²) in [4.78, 5) is 23.1. The molecule has 3 N–H and O–H groups in total. The minimum atomic E-state index is -3.18. The molecule has 0 unspecified atom stereocenters. The molecule has 7 heteroatoms. The third-order valence-electron chi connectivity index (χ3n) is 1.50. The average molecular weight is 206 g/mol. The number of aromatic nitrogens is 1. The van der Waals surface area contributed by atoms with Crippen molar-refractivity contribution in [2.45, 2.75) is 6.43 Å². The first-order chi connectivity index (χ1) is 6.43. The fourth-order valence-corrected chi connectivity index (χ4v) is 0.950. The van der Waals surface area contributed by atoms with Gasteiger partial charge in [-0.1, -0.05) is 0 Å². The van der Waals surface area contributed by atoms with Crippen molar-refractivity contribution < 1.29 is 18.0 Å². The lowest BCUT2D eigenvalue weighted by Crippen LogP contribution is -2.23. The van der Waals surface area contributed by atoms with Crippen LogP contribution in [0.25, 0.3) is 0 Å². The van der Waals surface area contributed by atoms with Crippen molar-refractivity contribution in [3.63, 3.8) is 0 Å². The van der Waals surface area contributed by atoms with Gasteiger partial charge in [0.1, 0.15) is 5.69 Å². The van der Waals surface area contributed by atoms with E-state index in [2.05, 4.69) is 5.73 Å². The number of H-pyrrole nitrogens is 1. The minimum Gasteiger partial charge on any atom is -0.364 e. The number of aromatic amines is 1. The lowest BCUT2D eigenvalue weighted by molar-refractivity contribution is 0.0977. The van der Waals surface area contributed by atoms with Crippen LogP contribution in [0.2, 0.25) is 0 Å². The van der Waals surface area contributed by atoms with Crippen molar-refractivity contribution in [3.8, 4) is 0 Å². The normalized spacial score (nSPS) is 10.6. The molecular weight excluding hydrogens is 201 g/mol. The molecule has 0 saturated heterocycles. The van der Waals surface area contributed by atoms with Crippen molar-refractivity contribution in [2.24, 2.45) is 5.73 Å². The predicted octanol–water partition coefficient (Wildman–Crippen LogP) is 0.550. The highest BCUT2D eigenvalue weighted by Crippen LogP contribution is 2.17. The number of hydrogen-bond donors (Lipinski definition) is 2. The van der Waals surface area contributed by atoms with Crippen molar-refractivity contribution in [2.75, 3.05) is 0 Å². The van der Waals surface area contributed by atoms with Crippen LogP contribution in [0.4, 0.5) is 13.2 Å². The zero-order valence-corrected chi connectivity index (χ0v) is 6.68. The van der Waals surface area contributed by atoms with Crippen molar-refractivity contribution >= 4 is 5.91 Å². The Morgan fingerprint density at radius 3 is 2.50 bits per heavy atom. The second kappa shape index (κ2) is 3.52. The molecule has 0 aromatic carbocycles. The molecular formula is C7H5F3N2O2. The quantitative estimate of drug-likeness (QED) is 0.693. The molecule has 0 aliphatic heterocycles. The first-order valence-electron chi connectivity index (χ1n) is 3.44. The van der Waals surface area contributed by atoms with Gasteiger partial charge in [-0.25, -0.2) is 8.78 Å². The molecule has 1 aromatic heterocycles. The Labute approximate surface area is 75.5 Å². The van der Waals surface area contributed by atoms with E-state index in [1.54, 1.807) is 4.98 Å². The van der Waals surface area contributed by atoms with Crippen LogP contribution >= 0.6 is 0 Å². The summed E-state index contributed by atoms with van der Waals surface area (Å²) in [6.45, 7) is 0. The van der Waals surface area contributed by atoms with Gasteiger partial charge >= 0.3 is 0 Å². The van der Waals surface area contributed by atoms with E-state index >= 15 is 0 Å². The maximum Gasteiger partial charge on any atom is 0.269 e. The first-order valence-corrected chi connectivity index (χ1v) is 3.44.